The highest BCUT2D eigenvalue weighted by atomic mass is 32.1. The van der Waals surface area contributed by atoms with Crippen molar-refractivity contribution >= 4 is 22.2 Å². The lowest BCUT2D eigenvalue weighted by atomic mass is 10.2. The molecule has 0 aliphatic carbocycles. The molecular weight excluding hydrogens is 298 g/mol. The van der Waals surface area contributed by atoms with Gasteiger partial charge in [0.1, 0.15) is 0 Å². The number of amides is 1. The van der Waals surface area contributed by atoms with E-state index in [9.17, 15) is 4.79 Å². The van der Waals surface area contributed by atoms with Gasteiger partial charge in [0.05, 0.1) is 24.7 Å². The predicted octanol–water partition coefficient (Wildman–Crippen LogP) is 1.83. The molecule has 4 rings (SSSR count). The van der Waals surface area contributed by atoms with Gasteiger partial charge in [-0.3, -0.25) is 13.9 Å². The average Bonchev–Trinajstić information content (AvgIpc) is 3.21. The van der Waals surface area contributed by atoms with Crippen molar-refractivity contribution in [2.45, 2.75) is 31.8 Å². The molecule has 0 spiro atoms. The quantitative estimate of drug-likeness (QED) is 0.738. The van der Waals surface area contributed by atoms with Crippen molar-refractivity contribution in [2.75, 3.05) is 6.54 Å². The van der Waals surface area contributed by atoms with Crippen LogP contribution in [0.5, 0.6) is 0 Å². The zero-order valence-electron chi connectivity index (χ0n) is 12.1. The summed E-state index contributed by atoms with van der Waals surface area (Å²) in [6.07, 6.45) is 10.1. The first kappa shape index (κ1) is 13.5. The van der Waals surface area contributed by atoms with Gasteiger partial charge >= 0.3 is 0 Å². The van der Waals surface area contributed by atoms with Crippen molar-refractivity contribution in [1.82, 2.24) is 24.1 Å². The van der Waals surface area contributed by atoms with Crippen molar-refractivity contribution in [1.29, 1.82) is 0 Å². The molecule has 0 bridgehead atoms. The number of aromatic nitrogens is 4. The Morgan fingerprint density at radius 2 is 2.36 bits per heavy atom. The van der Waals surface area contributed by atoms with E-state index in [1.807, 2.05) is 44.0 Å². The number of imidazole rings is 1. The Hall–Kier alpha value is -2.15. The summed E-state index contributed by atoms with van der Waals surface area (Å²) in [5.74, 6) is 0.167. The molecule has 0 aromatic carbocycles. The lowest BCUT2D eigenvalue weighted by Crippen LogP contribution is -2.39. The highest BCUT2D eigenvalue weighted by molar-refractivity contribution is 7.15. The Morgan fingerprint density at radius 1 is 1.41 bits per heavy atom. The second-order valence-electron chi connectivity index (χ2n) is 5.61. The van der Waals surface area contributed by atoms with Crippen LogP contribution in [0.4, 0.5) is 0 Å². The van der Waals surface area contributed by atoms with Crippen LogP contribution < -0.4 is 0 Å². The van der Waals surface area contributed by atoms with Crippen LogP contribution in [0, 0.1) is 0 Å². The normalized spacial score (nSPS) is 18.4. The lowest BCUT2D eigenvalue weighted by Gasteiger charge is -2.24. The molecule has 7 heteroatoms. The number of rotatable bonds is 4. The summed E-state index contributed by atoms with van der Waals surface area (Å²) < 4.78 is 3.88. The minimum Gasteiger partial charge on any atom is -0.338 e. The van der Waals surface area contributed by atoms with Gasteiger partial charge in [0, 0.05) is 36.7 Å². The number of carbonyl (C=O) groups excluding carboxylic acids is 1. The molecule has 114 valence electrons. The van der Waals surface area contributed by atoms with Gasteiger partial charge in [-0.1, -0.05) is 0 Å². The van der Waals surface area contributed by atoms with Gasteiger partial charge in [-0.25, -0.2) is 4.98 Å². The Balaban J connectivity index is 1.45. The van der Waals surface area contributed by atoms with Gasteiger partial charge in [-0.2, -0.15) is 5.10 Å². The Bertz CT molecular complexity index is 746. The van der Waals surface area contributed by atoms with Crippen LogP contribution >= 0.6 is 11.3 Å². The molecule has 0 unspecified atom stereocenters. The first-order chi connectivity index (χ1) is 10.8. The SMILES string of the molecule is O=C(Cc1cn2ccsc2n1)N1CCC[C@@H]1Cn1cccn1. The Morgan fingerprint density at radius 3 is 3.18 bits per heavy atom. The minimum absolute atomic E-state index is 0.167. The van der Waals surface area contributed by atoms with Crippen molar-refractivity contribution in [2.24, 2.45) is 0 Å². The fourth-order valence-corrected chi connectivity index (χ4v) is 3.81. The van der Waals surface area contributed by atoms with Crippen LogP contribution in [-0.4, -0.2) is 42.6 Å². The van der Waals surface area contributed by atoms with E-state index in [1.165, 1.54) is 0 Å². The van der Waals surface area contributed by atoms with Crippen LogP contribution in [0.15, 0.2) is 36.2 Å². The Labute approximate surface area is 132 Å². The van der Waals surface area contributed by atoms with Gasteiger partial charge < -0.3 is 4.90 Å². The van der Waals surface area contributed by atoms with E-state index in [0.717, 1.165) is 36.6 Å². The second-order valence-corrected chi connectivity index (χ2v) is 6.49. The molecule has 3 aromatic heterocycles. The van der Waals surface area contributed by atoms with Crippen molar-refractivity contribution in [3.63, 3.8) is 0 Å². The van der Waals surface area contributed by atoms with Crippen LogP contribution in [0.1, 0.15) is 18.5 Å². The third-order valence-electron chi connectivity index (χ3n) is 4.13. The van der Waals surface area contributed by atoms with E-state index in [0.29, 0.717) is 6.42 Å². The predicted molar refractivity (Wildman–Crippen MR) is 83.7 cm³/mol. The minimum atomic E-state index is 0.167. The molecule has 22 heavy (non-hydrogen) atoms. The number of nitrogens with zero attached hydrogens (tertiary/aromatic N) is 5. The molecule has 0 saturated carbocycles. The monoisotopic (exact) mass is 315 g/mol. The average molecular weight is 315 g/mol. The van der Waals surface area contributed by atoms with Crippen molar-refractivity contribution in [3.05, 3.63) is 41.9 Å². The van der Waals surface area contributed by atoms with Crippen LogP contribution in [0.25, 0.3) is 4.96 Å². The molecule has 1 aliphatic rings. The molecular formula is C15H17N5OS. The van der Waals surface area contributed by atoms with Crippen LogP contribution in [-0.2, 0) is 17.8 Å². The van der Waals surface area contributed by atoms with E-state index < -0.39 is 0 Å². The number of likely N-dealkylation sites (tertiary alicyclic amines) is 1. The number of fused-ring (bicyclic) bond motifs is 1. The highest BCUT2D eigenvalue weighted by Crippen LogP contribution is 2.20. The van der Waals surface area contributed by atoms with E-state index in [1.54, 1.807) is 17.5 Å². The largest absolute Gasteiger partial charge is 0.338 e. The standard InChI is InChI=1S/C15H17N5OS/c21-14(9-12-10-18-7-8-22-15(18)17-12)20-6-1-3-13(20)11-19-5-2-4-16-19/h2,4-5,7-8,10,13H,1,3,6,9,11H2/t13-/m1/s1. The summed E-state index contributed by atoms with van der Waals surface area (Å²) in [6, 6.07) is 2.16. The maximum Gasteiger partial charge on any atom is 0.228 e. The molecule has 1 saturated heterocycles. The molecule has 1 fully saturated rings. The van der Waals surface area contributed by atoms with Gasteiger partial charge in [0.25, 0.3) is 0 Å². The molecule has 1 aliphatic heterocycles. The molecule has 1 atom stereocenters. The van der Waals surface area contributed by atoms with E-state index in [-0.39, 0.29) is 11.9 Å². The molecule has 4 heterocycles. The maximum atomic E-state index is 12.6. The van der Waals surface area contributed by atoms with E-state index in [4.69, 9.17) is 0 Å². The third kappa shape index (κ3) is 2.52. The van der Waals surface area contributed by atoms with Crippen LogP contribution in [0.2, 0.25) is 0 Å². The molecule has 1 amide bonds. The summed E-state index contributed by atoms with van der Waals surface area (Å²) in [4.78, 5) is 20.0. The summed E-state index contributed by atoms with van der Waals surface area (Å²) >= 11 is 1.59. The number of thiazole rings is 1. The van der Waals surface area contributed by atoms with E-state index in [2.05, 4.69) is 10.1 Å². The van der Waals surface area contributed by atoms with E-state index >= 15 is 0 Å². The summed E-state index contributed by atoms with van der Waals surface area (Å²) in [6.45, 7) is 1.62. The topological polar surface area (TPSA) is 55.4 Å². The fraction of sp³-hybridized carbons (Fsp3) is 0.400. The summed E-state index contributed by atoms with van der Waals surface area (Å²) in [7, 11) is 0. The number of carbonyl (C=O) groups is 1. The lowest BCUT2D eigenvalue weighted by molar-refractivity contribution is -0.131. The number of hydrogen-bond donors (Lipinski definition) is 0. The molecule has 3 aromatic rings. The molecule has 0 radical (unpaired) electrons. The summed E-state index contributed by atoms with van der Waals surface area (Å²) in [5, 5.41) is 6.24. The maximum absolute atomic E-state index is 12.6. The van der Waals surface area contributed by atoms with Gasteiger partial charge in [0.2, 0.25) is 5.91 Å². The first-order valence-corrected chi connectivity index (χ1v) is 8.35. The Kier molecular flexibility index (Phi) is 3.42. The molecule has 0 N–H and O–H groups in total. The van der Waals surface area contributed by atoms with Crippen LogP contribution in [0.3, 0.4) is 0 Å². The smallest absolute Gasteiger partial charge is 0.228 e. The van der Waals surface area contributed by atoms with Crippen molar-refractivity contribution < 1.29 is 4.79 Å². The summed E-state index contributed by atoms with van der Waals surface area (Å²) in [5.41, 5.74) is 0.849. The third-order valence-corrected chi connectivity index (χ3v) is 4.90. The van der Waals surface area contributed by atoms with Gasteiger partial charge in [-0.15, -0.1) is 11.3 Å². The van der Waals surface area contributed by atoms with Gasteiger partial charge in [0.15, 0.2) is 4.96 Å². The number of hydrogen-bond acceptors (Lipinski definition) is 4. The van der Waals surface area contributed by atoms with Crippen molar-refractivity contribution in [3.8, 4) is 0 Å². The van der Waals surface area contributed by atoms with Gasteiger partial charge in [-0.05, 0) is 18.9 Å². The second kappa shape index (κ2) is 5.57. The zero-order chi connectivity index (χ0) is 14.9. The fourth-order valence-electron chi connectivity index (χ4n) is 3.10. The molecule has 6 nitrogen and oxygen atoms in total. The highest BCUT2D eigenvalue weighted by Gasteiger charge is 2.29. The first-order valence-electron chi connectivity index (χ1n) is 7.47. The zero-order valence-corrected chi connectivity index (χ0v) is 12.9.